The number of nitrogens with zero attached hydrogens (tertiary/aromatic N) is 3. The molecule has 0 aliphatic heterocycles. The van der Waals surface area contributed by atoms with Crippen LogP contribution in [0.15, 0.2) is 72.8 Å². The molecule has 0 aliphatic rings. The fourth-order valence-electron chi connectivity index (χ4n) is 4.79. The topological polar surface area (TPSA) is 38.7 Å². The van der Waals surface area contributed by atoms with Crippen molar-refractivity contribution >= 4 is 0 Å². The second-order valence-electron chi connectivity index (χ2n) is 12.3. The molecule has 3 nitrogen and oxygen atoms in total. The van der Waals surface area contributed by atoms with Gasteiger partial charge in [0.25, 0.3) is 0 Å². The Labute approximate surface area is 229 Å². The van der Waals surface area contributed by atoms with E-state index in [9.17, 15) is 0 Å². The van der Waals surface area contributed by atoms with Crippen LogP contribution in [0.2, 0.25) is 0 Å². The minimum atomic E-state index is 0.0986. The molecule has 198 valence electrons. The molecular formula is C35H43N3. The van der Waals surface area contributed by atoms with Gasteiger partial charge in [-0.05, 0) is 35.3 Å². The Balaban J connectivity index is 1.70. The van der Waals surface area contributed by atoms with Gasteiger partial charge in [-0.3, -0.25) is 0 Å². The molecule has 0 spiro atoms. The highest BCUT2D eigenvalue weighted by atomic mass is 15.0. The summed E-state index contributed by atoms with van der Waals surface area (Å²) in [6.45, 7) is 15.8. The van der Waals surface area contributed by atoms with Crippen molar-refractivity contribution in [1.29, 1.82) is 0 Å². The van der Waals surface area contributed by atoms with Gasteiger partial charge in [0.1, 0.15) is 0 Å². The molecule has 0 fully saturated rings. The Morgan fingerprint density at radius 3 is 1.37 bits per heavy atom. The van der Waals surface area contributed by atoms with E-state index in [4.69, 9.17) is 15.0 Å². The van der Waals surface area contributed by atoms with E-state index >= 15 is 0 Å². The van der Waals surface area contributed by atoms with E-state index in [0.717, 1.165) is 16.7 Å². The van der Waals surface area contributed by atoms with Gasteiger partial charge in [-0.1, -0.05) is 146 Å². The first-order chi connectivity index (χ1) is 18.1. The molecule has 38 heavy (non-hydrogen) atoms. The quantitative estimate of drug-likeness (QED) is 0.212. The predicted molar refractivity (Wildman–Crippen MR) is 161 cm³/mol. The molecule has 0 saturated carbocycles. The molecule has 1 heterocycles. The van der Waals surface area contributed by atoms with Crippen molar-refractivity contribution in [2.75, 3.05) is 0 Å². The van der Waals surface area contributed by atoms with Gasteiger partial charge in [0.05, 0.1) is 0 Å². The minimum Gasteiger partial charge on any atom is -0.208 e. The van der Waals surface area contributed by atoms with Crippen LogP contribution in [-0.2, 0) is 10.8 Å². The SMILES string of the molecule is CCCCCCC(C)(C)c1ccc(-c2nc(-c3ccc(C)cc3)nc(-c3ccc(C(C)(C)C)cc3)n2)cc1. The average Bonchev–Trinajstić information content (AvgIpc) is 2.91. The van der Waals surface area contributed by atoms with E-state index in [-0.39, 0.29) is 10.8 Å². The number of benzene rings is 3. The van der Waals surface area contributed by atoms with Gasteiger partial charge in [-0.25, -0.2) is 15.0 Å². The first-order valence-corrected chi connectivity index (χ1v) is 14.1. The summed E-state index contributed by atoms with van der Waals surface area (Å²) < 4.78 is 0. The zero-order valence-corrected chi connectivity index (χ0v) is 24.3. The molecule has 3 aromatic carbocycles. The van der Waals surface area contributed by atoms with Crippen LogP contribution in [0.25, 0.3) is 34.2 Å². The zero-order valence-electron chi connectivity index (χ0n) is 24.3. The second kappa shape index (κ2) is 11.6. The van der Waals surface area contributed by atoms with Gasteiger partial charge in [-0.2, -0.15) is 0 Å². The van der Waals surface area contributed by atoms with Crippen molar-refractivity contribution in [3.63, 3.8) is 0 Å². The summed E-state index contributed by atoms with van der Waals surface area (Å²) in [5.74, 6) is 2.11. The first-order valence-electron chi connectivity index (χ1n) is 14.1. The van der Waals surface area contributed by atoms with Crippen molar-refractivity contribution in [3.8, 4) is 34.2 Å². The van der Waals surface area contributed by atoms with Crippen molar-refractivity contribution in [2.24, 2.45) is 0 Å². The third kappa shape index (κ3) is 6.75. The van der Waals surface area contributed by atoms with E-state index in [2.05, 4.69) is 121 Å². The number of unbranched alkanes of at least 4 members (excludes halogenated alkanes) is 3. The molecule has 0 N–H and O–H groups in total. The Morgan fingerprint density at radius 2 is 0.947 bits per heavy atom. The summed E-state index contributed by atoms with van der Waals surface area (Å²) in [5, 5.41) is 0. The Kier molecular flexibility index (Phi) is 8.45. The Morgan fingerprint density at radius 1 is 0.526 bits per heavy atom. The van der Waals surface area contributed by atoms with Crippen LogP contribution in [0.5, 0.6) is 0 Å². The van der Waals surface area contributed by atoms with Crippen molar-refractivity contribution < 1.29 is 0 Å². The van der Waals surface area contributed by atoms with Crippen LogP contribution < -0.4 is 0 Å². The van der Waals surface area contributed by atoms with Crippen molar-refractivity contribution in [2.45, 2.75) is 91.4 Å². The van der Waals surface area contributed by atoms with Crippen LogP contribution in [-0.4, -0.2) is 15.0 Å². The van der Waals surface area contributed by atoms with Crippen molar-refractivity contribution in [3.05, 3.63) is 89.5 Å². The van der Waals surface area contributed by atoms with Gasteiger partial charge >= 0.3 is 0 Å². The lowest BCUT2D eigenvalue weighted by molar-refractivity contribution is 0.446. The second-order valence-corrected chi connectivity index (χ2v) is 12.3. The molecule has 0 aliphatic carbocycles. The molecular weight excluding hydrogens is 462 g/mol. The van der Waals surface area contributed by atoms with E-state index in [1.165, 1.54) is 48.8 Å². The molecule has 3 heteroatoms. The fraction of sp³-hybridized carbons (Fsp3) is 0.400. The molecule has 4 rings (SSSR count). The monoisotopic (exact) mass is 505 g/mol. The molecule has 0 bridgehead atoms. The molecule has 0 amide bonds. The van der Waals surface area contributed by atoms with Gasteiger partial charge in [0.2, 0.25) is 0 Å². The van der Waals surface area contributed by atoms with Crippen LogP contribution in [0, 0.1) is 6.92 Å². The van der Waals surface area contributed by atoms with Gasteiger partial charge in [0, 0.05) is 16.7 Å². The molecule has 0 radical (unpaired) electrons. The summed E-state index contributed by atoms with van der Waals surface area (Å²) >= 11 is 0. The maximum Gasteiger partial charge on any atom is 0.164 e. The third-order valence-electron chi connectivity index (χ3n) is 7.53. The first kappa shape index (κ1) is 27.7. The number of rotatable bonds is 9. The molecule has 0 saturated heterocycles. The highest BCUT2D eigenvalue weighted by Gasteiger charge is 2.21. The van der Waals surface area contributed by atoms with E-state index in [1.54, 1.807) is 0 Å². The highest BCUT2D eigenvalue weighted by molar-refractivity contribution is 5.67. The lowest BCUT2D eigenvalue weighted by Crippen LogP contribution is -2.16. The summed E-state index contributed by atoms with van der Waals surface area (Å²) in [6.07, 6.45) is 6.37. The van der Waals surface area contributed by atoms with E-state index in [0.29, 0.717) is 17.5 Å². The smallest absolute Gasteiger partial charge is 0.164 e. The lowest BCUT2D eigenvalue weighted by atomic mass is 9.79. The summed E-state index contributed by atoms with van der Waals surface area (Å²) in [7, 11) is 0. The van der Waals surface area contributed by atoms with Gasteiger partial charge in [0.15, 0.2) is 17.5 Å². The normalized spacial score (nSPS) is 12.1. The van der Waals surface area contributed by atoms with Crippen LogP contribution in [0.1, 0.15) is 90.3 Å². The van der Waals surface area contributed by atoms with E-state index in [1.807, 2.05) is 0 Å². The maximum atomic E-state index is 4.95. The summed E-state index contributed by atoms with van der Waals surface area (Å²) in [4.78, 5) is 14.8. The van der Waals surface area contributed by atoms with E-state index < -0.39 is 0 Å². The molecule has 0 atom stereocenters. The number of aromatic nitrogens is 3. The Hall–Kier alpha value is -3.33. The van der Waals surface area contributed by atoms with Gasteiger partial charge < -0.3 is 0 Å². The summed E-state index contributed by atoms with van der Waals surface area (Å²) in [6, 6.07) is 25.9. The maximum absolute atomic E-state index is 4.95. The zero-order chi connectivity index (χ0) is 27.3. The highest BCUT2D eigenvalue weighted by Crippen LogP contribution is 2.32. The number of hydrogen-bond donors (Lipinski definition) is 0. The average molecular weight is 506 g/mol. The number of hydrogen-bond acceptors (Lipinski definition) is 3. The molecule has 1 aromatic heterocycles. The number of aryl methyl sites for hydroxylation is 1. The standard InChI is InChI=1S/C35H43N3/c1-8-9-10-11-24-35(6,7)30-22-18-28(19-23-30)33-37-31(26-14-12-25(2)13-15-26)36-32(38-33)27-16-20-29(21-17-27)34(3,4)5/h12-23H,8-11,24H2,1-7H3. The minimum absolute atomic E-state index is 0.0986. The van der Waals surface area contributed by atoms with Crippen LogP contribution >= 0.6 is 0 Å². The Bertz CT molecular complexity index is 1330. The largest absolute Gasteiger partial charge is 0.208 e. The lowest BCUT2D eigenvalue weighted by Gasteiger charge is -2.25. The molecule has 0 unspecified atom stereocenters. The predicted octanol–water partition coefficient (Wildman–Crippen LogP) is 9.73. The third-order valence-corrected chi connectivity index (χ3v) is 7.53. The molecule has 4 aromatic rings. The van der Waals surface area contributed by atoms with Crippen molar-refractivity contribution in [1.82, 2.24) is 15.0 Å². The fourth-order valence-corrected chi connectivity index (χ4v) is 4.79. The van der Waals surface area contributed by atoms with Crippen LogP contribution in [0.4, 0.5) is 0 Å². The van der Waals surface area contributed by atoms with Crippen LogP contribution in [0.3, 0.4) is 0 Å². The van der Waals surface area contributed by atoms with Gasteiger partial charge in [-0.15, -0.1) is 0 Å². The summed E-state index contributed by atoms with van der Waals surface area (Å²) in [5.41, 5.74) is 7.13.